The molecule has 1 saturated heterocycles. The lowest BCUT2D eigenvalue weighted by atomic mass is 9.85. The number of benzene rings is 1. The summed E-state index contributed by atoms with van der Waals surface area (Å²) in [5, 5.41) is 23.3. The molecule has 8 nitrogen and oxygen atoms in total. The molecule has 0 spiro atoms. The number of carbonyl (C=O) groups is 2. The Hall–Kier alpha value is -2.64. The number of carbonyl (C=O) groups excluding carboxylic acids is 1. The number of aliphatic carboxylic acids is 1. The first-order valence-corrected chi connectivity index (χ1v) is 8.72. The van der Waals surface area contributed by atoms with E-state index in [4.69, 9.17) is 5.11 Å². The molecule has 26 heavy (non-hydrogen) atoms. The summed E-state index contributed by atoms with van der Waals surface area (Å²) >= 11 is 0. The topological polar surface area (TPSA) is 113 Å². The van der Waals surface area contributed by atoms with Crippen molar-refractivity contribution in [3.8, 4) is 0 Å². The van der Waals surface area contributed by atoms with Crippen molar-refractivity contribution in [2.75, 3.05) is 18.0 Å². The maximum absolute atomic E-state index is 12.6. The van der Waals surface area contributed by atoms with E-state index in [0.717, 1.165) is 25.9 Å². The molecule has 1 aliphatic rings. The molecule has 1 aromatic carbocycles. The number of nitro groups is 1. The molecule has 142 valence electrons. The van der Waals surface area contributed by atoms with Gasteiger partial charge in [-0.1, -0.05) is 13.8 Å². The van der Waals surface area contributed by atoms with Gasteiger partial charge in [0.05, 0.1) is 16.9 Å². The fraction of sp³-hybridized carbons (Fsp3) is 0.556. The van der Waals surface area contributed by atoms with Gasteiger partial charge >= 0.3 is 5.97 Å². The minimum absolute atomic E-state index is 0.107. The van der Waals surface area contributed by atoms with Crippen molar-refractivity contribution in [2.45, 2.75) is 45.6 Å². The third kappa shape index (κ3) is 4.30. The lowest BCUT2D eigenvalue weighted by Gasteiger charge is -2.33. The van der Waals surface area contributed by atoms with Gasteiger partial charge in [0.15, 0.2) is 0 Å². The fourth-order valence-corrected chi connectivity index (χ4v) is 3.07. The first-order chi connectivity index (χ1) is 12.1. The molecular weight excluding hydrogens is 338 g/mol. The quantitative estimate of drug-likeness (QED) is 0.569. The monoisotopic (exact) mass is 363 g/mol. The zero-order chi connectivity index (χ0) is 19.5. The van der Waals surface area contributed by atoms with Crippen LogP contribution in [0.5, 0.6) is 0 Å². The van der Waals surface area contributed by atoms with E-state index in [1.165, 1.54) is 6.07 Å². The van der Waals surface area contributed by atoms with E-state index >= 15 is 0 Å². The number of amides is 1. The third-order valence-electron chi connectivity index (χ3n) is 5.07. The van der Waals surface area contributed by atoms with Gasteiger partial charge in [0.1, 0.15) is 5.69 Å². The van der Waals surface area contributed by atoms with Crippen LogP contribution in [0.3, 0.4) is 0 Å². The Bertz CT molecular complexity index is 713. The largest absolute Gasteiger partial charge is 0.481 e. The standard InChI is InChI=1S/C18H25N3O5/c1-12(2)18(3,11-16(22)23)19-17(24)13-6-7-14(15(10-13)21(25)26)20-8-4-5-9-20/h6-7,10,12H,4-5,8-9,11H2,1-3H3,(H,19,24)(H,22,23). The van der Waals surface area contributed by atoms with Crippen molar-refractivity contribution in [1.82, 2.24) is 5.32 Å². The number of nitro benzene ring substituents is 1. The highest BCUT2D eigenvalue weighted by Crippen LogP contribution is 2.32. The smallest absolute Gasteiger partial charge is 0.305 e. The third-order valence-corrected chi connectivity index (χ3v) is 5.07. The predicted octanol–water partition coefficient (Wildman–Crippen LogP) is 2.81. The van der Waals surface area contributed by atoms with Crippen molar-refractivity contribution >= 4 is 23.3 Å². The van der Waals surface area contributed by atoms with Gasteiger partial charge in [-0.25, -0.2) is 0 Å². The highest BCUT2D eigenvalue weighted by Gasteiger charge is 2.33. The number of carboxylic acids is 1. The van der Waals surface area contributed by atoms with Crippen LogP contribution in [0.2, 0.25) is 0 Å². The summed E-state index contributed by atoms with van der Waals surface area (Å²) in [6, 6.07) is 4.42. The van der Waals surface area contributed by atoms with Gasteiger partial charge in [-0.05, 0) is 37.8 Å². The second-order valence-electron chi connectivity index (χ2n) is 7.25. The minimum atomic E-state index is -1.02. The van der Waals surface area contributed by atoms with Gasteiger partial charge in [0, 0.05) is 24.7 Å². The normalized spacial score (nSPS) is 16.4. The zero-order valence-corrected chi connectivity index (χ0v) is 15.3. The van der Waals surface area contributed by atoms with E-state index in [0.29, 0.717) is 5.69 Å². The first-order valence-electron chi connectivity index (χ1n) is 8.72. The number of anilines is 1. The minimum Gasteiger partial charge on any atom is -0.481 e. The Kier molecular flexibility index (Phi) is 5.84. The number of hydrogen-bond acceptors (Lipinski definition) is 5. The summed E-state index contributed by atoms with van der Waals surface area (Å²) in [7, 11) is 0. The van der Waals surface area contributed by atoms with Crippen LogP contribution in [0.4, 0.5) is 11.4 Å². The second-order valence-corrected chi connectivity index (χ2v) is 7.25. The van der Waals surface area contributed by atoms with Crippen LogP contribution < -0.4 is 10.2 Å². The zero-order valence-electron chi connectivity index (χ0n) is 15.3. The van der Waals surface area contributed by atoms with Gasteiger partial charge in [0.25, 0.3) is 11.6 Å². The average molecular weight is 363 g/mol. The molecule has 1 aliphatic heterocycles. The number of hydrogen-bond donors (Lipinski definition) is 2. The first kappa shape index (κ1) is 19.7. The molecule has 1 unspecified atom stereocenters. The van der Waals surface area contributed by atoms with Crippen molar-refractivity contribution in [3.05, 3.63) is 33.9 Å². The Morgan fingerprint density at radius 2 is 1.96 bits per heavy atom. The molecule has 0 aliphatic carbocycles. The molecule has 8 heteroatoms. The number of nitrogens with zero attached hydrogens (tertiary/aromatic N) is 2. The van der Waals surface area contributed by atoms with Gasteiger partial charge in [0.2, 0.25) is 0 Å². The number of nitrogens with one attached hydrogen (secondary N) is 1. The second kappa shape index (κ2) is 7.72. The number of carboxylic acid groups (broad SMARTS) is 1. The van der Waals surface area contributed by atoms with Gasteiger partial charge < -0.3 is 15.3 Å². The Labute approximate surface area is 152 Å². The lowest BCUT2D eigenvalue weighted by molar-refractivity contribution is -0.384. The summed E-state index contributed by atoms with van der Waals surface area (Å²) in [6.45, 7) is 6.83. The van der Waals surface area contributed by atoms with E-state index in [-0.39, 0.29) is 23.6 Å². The van der Waals surface area contributed by atoms with Crippen LogP contribution in [0, 0.1) is 16.0 Å². The summed E-state index contributed by atoms with van der Waals surface area (Å²) in [5.41, 5.74) is -0.396. The molecule has 0 bridgehead atoms. The molecule has 0 saturated carbocycles. The van der Waals surface area contributed by atoms with Crippen LogP contribution in [0.1, 0.15) is 50.4 Å². The molecule has 1 heterocycles. The molecule has 2 rings (SSSR count). The maximum atomic E-state index is 12.6. The predicted molar refractivity (Wildman–Crippen MR) is 97.5 cm³/mol. The molecule has 1 aromatic rings. The summed E-state index contributed by atoms with van der Waals surface area (Å²) in [4.78, 5) is 36.7. The summed E-state index contributed by atoms with van der Waals surface area (Å²) in [6.07, 6.45) is 1.74. The van der Waals surface area contributed by atoms with Crippen LogP contribution in [-0.4, -0.2) is 40.5 Å². The lowest BCUT2D eigenvalue weighted by Crippen LogP contribution is -2.51. The molecule has 0 aromatic heterocycles. The van der Waals surface area contributed by atoms with Crippen LogP contribution in [-0.2, 0) is 4.79 Å². The van der Waals surface area contributed by atoms with Gasteiger partial charge in [-0.2, -0.15) is 0 Å². The van der Waals surface area contributed by atoms with Crippen LogP contribution in [0.25, 0.3) is 0 Å². The number of rotatable bonds is 7. The van der Waals surface area contributed by atoms with E-state index in [1.54, 1.807) is 19.1 Å². The molecular formula is C18H25N3O5. The van der Waals surface area contributed by atoms with Crippen LogP contribution >= 0.6 is 0 Å². The summed E-state index contributed by atoms with van der Waals surface area (Å²) in [5.74, 6) is -1.66. The van der Waals surface area contributed by atoms with E-state index in [9.17, 15) is 19.7 Å². The fourth-order valence-electron chi connectivity index (χ4n) is 3.07. The molecule has 0 radical (unpaired) electrons. The van der Waals surface area contributed by atoms with Gasteiger partial charge in [-0.3, -0.25) is 19.7 Å². The highest BCUT2D eigenvalue weighted by molar-refractivity contribution is 5.96. The SMILES string of the molecule is CC(C)C(C)(CC(=O)O)NC(=O)c1ccc(N2CCCC2)c([N+](=O)[O-])c1. The average Bonchev–Trinajstić information content (AvgIpc) is 3.07. The van der Waals surface area contributed by atoms with E-state index < -0.39 is 22.3 Å². The van der Waals surface area contributed by atoms with Crippen molar-refractivity contribution in [3.63, 3.8) is 0 Å². The molecule has 1 fully saturated rings. The summed E-state index contributed by atoms with van der Waals surface area (Å²) < 4.78 is 0. The van der Waals surface area contributed by atoms with E-state index in [1.807, 2.05) is 18.7 Å². The molecule has 2 N–H and O–H groups in total. The Morgan fingerprint density at radius 3 is 2.46 bits per heavy atom. The van der Waals surface area contributed by atoms with E-state index in [2.05, 4.69) is 5.32 Å². The van der Waals surface area contributed by atoms with Crippen molar-refractivity contribution in [1.29, 1.82) is 0 Å². The highest BCUT2D eigenvalue weighted by atomic mass is 16.6. The maximum Gasteiger partial charge on any atom is 0.305 e. The van der Waals surface area contributed by atoms with Crippen molar-refractivity contribution in [2.24, 2.45) is 5.92 Å². The molecule has 1 atom stereocenters. The van der Waals surface area contributed by atoms with Crippen molar-refractivity contribution < 1.29 is 19.6 Å². The van der Waals surface area contributed by atoms with Crippen LogP contribution in [0.15, 0.2) is 18.2 Å². The van der Waals surface area contributed by atoms with Gasteiger partial charge in [-0.15, -0.1) is 0 Å². The Balaban J connectivity index is 2.29. The Morgan fingerprint density at radius 1 is 1.35 bits per heavy atom. The molecule has 1 amide bonds.